The molecule has 21 heavy (non-hydrogen) atoms. The van der Waals surface area contributed by atoms with Crippen LogP contribution in [0.1, 0.15) is 37.4 Å². The molecule has 1 aromatic rings. The number of carboxylic acids is 1. The number of aromatic nitrogens is 2. The number of rotatable bonds is 4. The van der Waals surface area contributed by atoms with Crippen molar-refractivity contribution in [2.75, 3.05) is 6.54 Å². The molecule has 0 spiro atoms. The summed E-state index contributed by atoms with van der Waals surface area (Å²) >= 11 is 0. The van der Waals surface area contributed by atoms with Crippen molar-refractivity contribution in [1.82, 2.24) is 20.0 Å². The first-order valence-corrected chi connectivity index (χ1v) is 7.18. The average Bonchev–Trinajstić information content (AvgIpc) is 3.00. The molecule has 116 valence electrons. The fourth-order valence-electron chi connectivity index (χ4n) is 3.00. The molecule has 0 saturated carbocycles. The number of carbonyl (C=O) groups is 2. The van der Waals surface area contributed by atoms with Gasteiger partial charge in [-0.1, -0.05) is 6.92 Å². The number of urea groups is 1. The molecule has 0 aliphatic carbocycles. The minimum Gasteiger partial charge on any atom is -0.479 e. The molecule has 2 heterocycles. The molecule has 2 rings (SSSR count). The van der Waals surface area contributed by atoms with Crippen LogP contribution in [-0.2, 0) is 18.4 Å². The third-order valence-corrected chi connectivity index (χ3v) is 4.26. The van der Waals surface area contributed by atoms with Crippen LogP contribution in [0.3, 0.4) is 0 Å². The second-order valence-corrected chi connectivity index (χ2v) is 5.52. The molecule has 0 bridgehead atoms. The van der Waals surface area contributed by atoms with E-state index in [4.69, 9.17) is 0 Å². The van der Waals surface area contributed by atoms with Crippen LogP contribution in [-0.4, -0.2) is 43.9 Å². The molecule has 2 amide bonds. The third kappa shape index (κ3) is 2.72. The molecule has 2 N–H and O–H groups in total. The Kier molecular flexibility index (Phi) is 4.20. The van der Waals surface area contributed by atoms with Crippen molar-refractivity contribution in [1.29, 1.82) is 0 Å². The van der Waals surface area contributed by atoms with Crippen LogP contribution >= 0.6 is 0 Å². The Morgan fingerprint density at radius 2 is 2.24 bits per heavy atom. The smallest absolute Gasteiger partial charge is 0.329 e. The summed E-state index contributed by atoms with van der Waals surface area (Å²) in [6.45, 7) is 4.53. The minimum absolute atomic E-state index is 0.319. The van der Waals surface area contributed by atoms with Crippen LogP contribution < -0.4 is 5.32 Å². The number of hydrogen-bond acceptors (Lipinski definition) is 3. The van der Waals surface area contributed by atoms with Gasteiger partial charge in [-0.05, 0) is 26.2 Å². The standard InChI is InChI=1S/C14H22N4O3/c1-4-14(12(19)20)6-5-7-18(14)13(21)15-8-11-9-17(3)16-10(11)2/h9H,4-8H2,1-3H3,(H,15,21)(H,19,20). The first kappa shape index (κ1) is 15.3. The van der Waals surface area contributed by atoms with Crippen LogP contribution in [0.15, 0.2) is 6.20 Å². The highest BCUT2D eigenvalue weighted by Gasteiger charge is 2.48. The van der Waals surface area contributed by atoms with E-state index in [9.17, 15) is 14.7 Å². The van der Waals surface area contributed by atoms with Gasteiger partial charge < -0.3 is 15.3 Å². The Bertz CT molecular complexity index is 554. The Hall–Kier alpha value is -2.05. The Labute approximate surface area is 123 Å². The second kappa shape index (κ2) is 5.75. The van der Waals surface area contributed by atoms with E-state index in [1.165, 1.54) is 4.90 Å². The van der Waals surface area contributed by atoms with Crippen LogP contribution in [0.25, 0.3) is 0 Å². The summed E-state index contributed by atoms with van der Waals surface area (Å²) in [4.78, 5) is 25.4. The van der Waals surface area contributed by atoms with Crippen molar-refractivity contribution < 1.29 is 14.7 Å². The Morgan fingerprint density at radius 3 is 2.76 bits per heavy atom. The quantitative estimate of drug-likeness (QED) is 0.875. The zero-order valence-corrected chi connectivity index (χ0v) is 12.7. The number of carboxylic acid groups (broad SMARTS) is 1. The van der Waals surface area contributed by atoms with Crippen molar-refractivity contribution in [2.45, 2.75) is 45.2 Å². The zero-order valence-electron chi connectivity index (χ0n) is 12.7. The van der Waals surface area contributed by atoms with E-state index in [-0.39, 0.29) is 6.03 Å². The number of nitrogens with one attached hydrogen (secondary N) is 1. The maximum Gasteiger partial charge on any atom is 0.329 e. The molecule has 0 radical (unpaired) electrons. The van der Waals surface area contributed by atoms with Gasteiger partial charge in [-0.25, -0.2) is 9.59 Å². The fraction of sp³-hybridized carbons (Fsp3) is 0.643. The van der Waals surface area contributed by atoms with E-state index in [0.29, 0.717) is 25.9 Å². The van der Waals surface area contributed by atoms with Crippen molar-refractivity contribution >= 4 is 12.0 Å². The summed E-state index contributed by atoms with van der Waals surface area (Å²) in [6, 6.07) is -0.319. The van der Waals surface area contributed by atoms with Crippen LogP contribution in [0.5, 0.6) is 0 Å². The topological polar surface area (TPSA) is 87.5 Å². The van der Waals surface area contributed by atoms with Crippen LogP contribution in [0.4, 0.5) is 4.79 Å². The van der Waals surface area contributed by atoms with E-state index < -0.39 is 11.5 Å². The van der Waals surface area contributed by atoms with Gasteiger partial charge >= 0.3 is 12.0 Å². The van der Waals surface area contributed by atoms with E-state index >= 15 is 0 Å². The molecule has 1 fully saturated rings. The Balaban J connectivity index is 2.06. The molecule has 1 aliphatic heterocycles. The van der Waals surface area contributed by atoms with E-state index in [2.05, 4.69) is 10.4 Å². The molecular formula is C14H22N4O3. The van der Waals surface area contributed by atoms with Crippen molar-refractivity contribution in [3.63, 3.8) is 0 Å². The van der Waals surface area contributed by atoms with E-state index in [0.717, 1.165) is 17.7 Å². The average molecular weight is 294 g/mol. The summed E-state index contributed by atoms with van der Waals surface area (Å²) in [7, 11) is 1.82. The molecule has 1 saturated heterocycles. The maximum absolute atomic E-state index is 12.3. The molecule has 1 atom stereocenters. The zero-order chi connectivity index (χ0) is 15.6. The lowest BCUT2D eigenvalue weighted by atomic mass is 9.93. The van der Waals surface area contributed by atoms with Gasteiger partial charge in [0.1, 0.15) is 5.54 Å². The SMILES string of the molecule is CCC1(C(=O)O)CCCN1C(=O)NCc1cn(C)nc1C. The predicted molar refractivity (Wildman–Crippen MR) is 76.8 cm³/mol. The largest absolute Gasteiger partial charge is 0.479 e. The lowest BCUT2D eigenvalue weighted by Crippen LogP contribution is -2.55. The third-order valence-electron chi connectivity index (χ3n) is 4.26. The number of hydrogen-bond donors (Lipinski definition) is 2. The number of nitrogens with zero attached hydrogens (tertiary/aromatic N) is 3. The van der Waals surface area contributed by atoms with Gasteiger partial charge in [0.05, 0.1) is 5.69 Å². The van der Waals surface area contributed by atoms with Gasteiger partial charge in [-0.15, -0.1) is 0 Å². The van der Waals surface area contributed by atoms with E-state index in [1.54, 1.807) is 4.68 Å². The molecule has 7 nitrogen and oxygen atoms in total. The second-order valence-electron chi connectivity index (χ2n) is 5.52. The number of aryl methyl sites for hydroxylation is 2. The highest BCUT2D eigenvalue weighted by atomic mass is 16.4. The molecule has 7 heteroatoms. The Morgan fingerprint density at radius 1 is 1.52 bits per heavy atom. The van der Waals surface area contributed by atoms with Crippen molar-refractivity contribution in [2.24, 2.45) is 7.05 Å². The highest BCUT2D eigenvalue weighted by Crippen LogP contribution is 2.32. The van der Waals surface area contributed by atoms with Gasteiger partial charge in [0.15, 0.2) is 0 Å². The molecule has 1 unspecified atom stereocenters. The molecule has 1 aromatic heterocycles. The summed E-state index contributed by atoms with van der Waals surface area (Å²) in [5.74, 6) is -0.921. The van der Waals surface area contributed by atoms with Gasteiger partial charge in [-0.3, -0.25) is 4.68 Å². The fourth-order valence-corrected chi connectivity index (χ4v) is 3.00. The minimum atomic E-state index is -1.06. The number of aliphatic carboxylic acids is 1. The molecule has 1 aliphatic rings. The van der Waals surface area contributed by atoms with Gasteiger partial charge in [0.25, 0.3) is 0 Å². The first-order valence-electron chi connectivity index (χ1n) is 7.18. The summed E-state index contributed by atoms with van der Waals surface area (Å²) in [5, 5.41) is 16.5. The van der Waals surface area contributed by atoms with Gasteiger partial charge in [-0.2, -0.15) is 5.10 Å². The van der Waals surface area contributed by atoms with Gasteiger partial charge in [0.2, 0.25) is 0 Å². The lowest BCUT2D eigenvalue weighted by molar-refractivity contribution is -0.148. The van der Waals surface area contributed by atoms with Crippen LogP contribution in [0.2, 0.25) is 0 Å². The monoisotopic (exact) mass is 294 g/mol. The van der Waals surface area contributed by atoms with Gasteiger partial charge in [0, 0.05) is 31.9 Å². The summed E-state index contributed by atoms with van der Waals surface area (Å²) in [6.07, 6.45) is 3.50. The predicted octanol–water partition coefficient (Wildman–Crippen LogP) is 1.27. The van der Waals surface area contributed by atoms with E-state index in [1.807, 2.05) is 27.1 Å². The van der Waals surface area contributed by atoms with Crippen LogP contribution in [0, 0.1) is 6.92 Å². The number of carbonyl (C=O) groups excluding carboxylic acids is 1. The number of likely N-dealkylation sites (tertiary alicyclic amines) is 1. The highest BCUT2D eigenvalue weighted by molar-refractivity contribution is 5.87. The normalized spacial score (nSPS) is 21.6. The first-order chi connectivity index (χ1) is 9.90. The number of amides is 2. The molecular weight excluding hydrogens is 272 g/mol. The van der Waals surface area contributed by atoms with Crippen molar-refractivity contribution in [3.05, 3.63) is 17.5 Å². The summed E-state index contributed by atoms with van der Waals surface area (Å²) < 4.78 is 1.69. The summed E-state index contributed by atoms with van der Waals surface area (Å²) in [5.41, 5.74) is 0.732. The molecule has 0 aromatic carbocycles. The lowest BCUT2D eigenvalue weighted by Gasteiger charge is -2.33. The van der Waals surface area contributed by atoms with Crippen molar-refractivity contribution in [3.8, 4) is 0 Å². The maximum atomic E-state index is 12.3.